The van der Waals surface area contributed by atoms with Gasteiger partial charge < -0.3 is 19.8 Å². The van der Waals surface area contributed by atoms with Crippen molar-refractivity contribution in [3.05, 3.63) is 32.6 Å². The summed E-state index contributed by atoms with van der Waals surface area (Å²) < 4.78 is 44.2. The van der Waals surface area contributed by atoms with Crippen molar-refractivity contribution < 1.29 is 32.9 Å². The zero-order chi connectivity index (χ0) is 18.7. The van der Waals surface area contributed by atoms with Gasteiger partial charge >= 0.3 is 17.8 Å². The molecule has 2 aliphatic heterocycles. The Bertz CT molecular complexity index is 834. The summed E-state index contributed by atoms with van der Waals surface area (Å²) in [5, 5.41) is 19.8. The summed E-state index contributed by atoms with van der Waals surface area (Å²) in [4.78, 5) is 37.1. The summed E-state index contributed by atoms with van der Waals surface area (Å²) in [6.45, 7) is 0.0348. The maximum absolute atomic E-state index is 12.6. The standard InChI is InChI=1S/C13H14F3N3O6/c1-5-2-18(11(24)17-8(5)22)9-6(21)7-12(4-20,25-9)3-19(7)10(23)13(14,15)16/h2,6-7,9,20-21H,3-4H2,1H3,(H,17,22,24)/t6-,7?,9-,12-/m1/s1. The summed E-state index contributed by atoms with van der Waals surface area (Å²) in [5.74, 6) is -2.17. The number of fused-ring (bicyclic) bond motifs is 1. The Morgan fingerprint density at radius 2 is 2.12 bits per heavy atom. The molecular formula is C13H14F3N3O6. The summed E-state index contributed by atoms with van der Waals surface area (Å²) in [6.07, 6.45) is -7.24. The largest absolute Gasteiger partial charge is 0.471 e. The molecule has 0 aromatic carbocycles. The summed E-state index contributed by atoms with van der Waals surface area (Å²) in [7, 11) is 0. The number of amides is 1. The van der Waals surface area contributed by atoms with Crippen LogP contribution in [0, 0.1) is 6.92 Å². The highest BCUT2D eigenvalue weighted by atomic mass is 19.4. The number of hydrogen-bond acceptors (Lipinski definition) is 6. The normalized spacial score (nSPS) is 31.6. The molecule has 0 bridgehead atoms. The third kappa shape index (κ3) is 2.48. The zero-order valence-electron chi connectivity index (χ0n) is 12.8. The van der Waals surface area contributed by atoms with Crippen LogP contribution >= 0.6 is 0 Å². The number of ether oxygens (including phenoxy) is 1. The predicted molar refractivity (Wildman–Crippen MR) is 73.6 cm³/mol. The second kappa shape index (κ2) is 5.41. The van der Waals surface area contributed by atoms with E-state index in [0.717, 1.165) is 10.8 Å². The van der Waals surface area contributed by atoms with E-state index in [4.69, 9.17) is 4.74 Å². The molecule has 1 aromatic heterocycles. The Morgan fingerprint density at radius 3 is 2.68 bits per heavy atom. The van der Waals surface area contributed by atoms with Gasteiger partial charge in [-0.05, 0) is 6.92 Å². The zero-order valence-corrected chi connectivity index (χ0v) is 12.8. The van der Waals surface area contributed by atoms with Crippen LogP contribution in [0.1, 0.15) is 11.8 Å². The highest BCUT2D eigenvalue weighted by Gasteiger charge is 2.68. The number of rotatable bonds is 2. The van der Waals surface area contributed by atoms with Gasteiger partial charge in [-0.3, -0.25) is 19.1 Å². The Kier molecular flexibility index (Phi) is 3.82. The molecule has 2 fully saturated rings. The molecule has 1 aromatic rings. The first-order valence-electron chi connectivity index (χ1n) is 7.18. The second-order valence-electron chi connectivity index (χ2n) is 6.08. The van der Waals surface area contributed by atoms with Crippen LogP contribution in [0.4, 0.5) is 13.2 Å². The Morgan fingerprint density at radius 1 is 1.48 bits per heavy atom. The molecule has 3 heterocycles. The molecule has 12 heteroatoms. The maximum atomic E-state index is 12.6. The molecule has 1 unspecified atom stereocenters. The SMILES string of the molecule is Cc1cn([C@@H]2O[C@@]3(CO)CN(C(=O)C(F)(F)F)C3[C@H]2O)c(=O)[nH]c1=O. The average molecular weight is 365 g/mol. The molecule has 25 heavy (non-hydrogen) atoms. The van der Waals surface area contributed by atoms with Crippen molar-refractivity contribution >= 4 is 5.91 Å². The van der Waals surface area contributed by atoms with Crippen molar-refractivity contribution in [3.63, 3.8) is 0 Å². The number of nitrogens with zero attached hydrogens (tertiary/aromatic N) is 2. The lowest BCUT2D eigenvalue weighted by atomic mass is 9.82. The molecule has 9 nitrogen and oxygen atoms in total. The number of carbonyl (C=O) groups is 1. The van der Waals surface area contributed by atoms with E-state index in [-0.39, 0.29) is 5.56 Å². The minimum absolute atomic E-state index is 0.107. The van der Waals surface area contributed by atoms with Crippen LogP contribution in [-0.4, -0.2) is 67.6 Å². The van der Waals surface area contributed by atoms with E-state index in [0.29, 0.717) is 4.90 Å². The van der Waals surface area contributed by atoms with Gasteiger partial charge in [0.25, 0.3) is 5.56 Å². The number of hydrogen-bond donors (Lipinski definition) is 3. The molecule has 0 saturated carbocycles. The molecule has 0 spiro atoms. The number of likely N-dealkylation sites (tertiary alicyclic amines) is 1. The molecule has 0 aliphatic carbocycles. The van der Waals surface area contributed by atoms with E-state index in [9.17, 15) is 37.8 Å². The Hall–Kier alpha value is -2.18. The van der Waals surface area contributed by atoms with Gasteiger partial charge in [-0.25, -0.2) is 4.79 Å². The van der Waals surface area contributed by atoms with Gasteiger partial charge in [-0.15, -0.1) is 0 Å². The van der Waals surface area contributed by atoms with Gasteiger partial charge in [0.2, 0.25) is 0 Å². The van der Waals surface area contributed by atoms with Crippen LogP contribution < -0.4 is 11.2 Å². The fourth-order valence-corrected chi connectivity index (χ4v) is 3.26. The summed E-state index contributed by atoms with van der Waals surface area (Å²) in [6, 6.07) is -1.48. The number of carbonyl (C=O) groups excluding carboxylic acids is 1. The van der Waals surface area contributed by atoms with Crippen molar-refractivity contribution in [3.8, 4) is 0 Å². The molecule has 1 amide bonds. The molecule has 4 atom stereocenters. The van der Waals surface area contributed by atoms with E-state index >= 15 is 0 Å². The molecule has 3 rings (SSSR count). The number of aliphatic hydroxyl groups is 2. The predicted octanol–water partition coefficient (Wildman–Crippen LogP) is -1.76. The Labute approximate surface area is 137 Å². The third-order valence-electron chi connectivity index (χ3n) is 4.47. The van der Waals surface area contributed by atoms with Crippen molar-refractivity contribution in [2.45, 2.75) is 37.1 Å². The van der Waals surface area contributed by atoms with Crippen LogP contribution in [0.15, 0.2) is 15.8 Å². The minimum atomic E-state index is -5.15. The molecule has 0 radical (unpaired) electrons. The lowest BCUT2D eigenvalue weighted by Crippen LogP contribution is -2.74. The first-order chi connectivity index (χ1) is 11.5. The summed E-state index contributed by atoms with van der Waals surface area (Å²) in [5.41, 5.74) is -3.12. The average Bonchev–Trinajstić information content (AvgIpc) is 2.70. The van der Waals surface area contributed by atoms with E-state index in [2.05, 4.69) is 0 Å². The number of aromatic nitrogens is 2. The van der Waals surface area contributed by atoms with Crippen LogP contribution in [0.25, 0.3) is 0 Å². The molecule has 2 aliphatic rings. The summed E-state index contributed by atoms with van der Waals surface area (Å²) >= 11 is 0. The molecule has 3 N–H and O–H groups in total. The molecule has 138 valence electrons. The topological polar surface area (TPSA) is 125 Å². The van der Waals surface area contributed by atoms with Crippen molar-refractivity contribution in [2.75, 3.05) is 13.2 Å². The number of aliphatic hydroxyl groups excluding tert-OH is 2. The first-order valence-corrected chi connectivity index (χ1v) is 7.18. The highest BCUT2D eigenvalue weighted by molar-refractivity contribution is 5.83. The lowest BCUT2D eigenvalue weighted by molar-refractivity contribution is -0.222. The fourth-order valence-electron chi connectivity index (χ4n) is 3.26. The van der Waals surface area contributed by atoms with Gasteiger partial charge in [0.1, 0.15) is 11.7 Å². The Balaban J connectivity index is 1.97. The van der Waals surface area contributed by atoms with Gasteiger partial charge in [-0.1, -0.05) is 0 Å². The fraction of sp³-hybridized carbons (Fsp3) is 0.615. The van der Waals surface area contributed by atoms with Gasteiger partial charge in [-0.2, -0.15) is 13.2 Å². The van der Waals surface area contributed by atoms with Gasteiger partial charge in [0.15, 0.2) is 6.23 Å². The van der Waals surface area contributed by atoms with Crippen molar-refractivity contribution in [2.24, 2.45) is 0 Å². The van der Waals surface area contributed by atoms with Crippen molar-refractivity contribution in [1.29, 1.82) is 0 Å². The number of nitrogens with one attached hydrogen (secondary N) is 1. The van der Waals surface area contributed by atoms with Crippen LogP contribution in [0.3, 0.4) is 0 Å². The lowest BCUT2D eigenvalue weighted by Gasteiger charge is -2.51. The first kappa shape index (κ1) is 17.6. The van der Waals surface area contributed by atoms with Gasteiger partial charge in [0, 0.05) is 11.8 Å². The van der Waals surface area contributed by atoms with E-state index < -0.39 is 60.5 Å². The van der Waals surface area contributed by atoms with Crippen LogP contribution in [0.5, 0.6) is 0 Å². The molecule has 2 saturated heterocycles. The van der Waals surface area contributed by atoms with E-state index in [1.54, 1.807) is 0 Å². The quantitative estimate of drug-likeness (QED) is 0.570. The smallest absolute Gasteiger partial charge is 0.393 e. The molecular weight excluding hydrogens is 351 g/mol. The number of aryl methyl sites for hydroxylation is 1. The monoisotopic (exact) mass is 365 g/mol. The number of alkyl halides is 3. The third-order valence-corrected chi connectivity index (χ3v) is 4.47. The number of H-pyrrole nitrogens is 1. The maximum Gasteiger partial charge on any atom is 0.471 e. The second-order valence-corrected chi connectivity index (χ2v) is 6.08. The van der Waals surface area contributed by atoms with Gasteiger partial charge in [0.05, 0.1) is 19.2 Å². The van der Waals surface area contributed by atoms with Crippen molar-refractivity contribution in [1.82, 2.24) is 14.5 Å². The van der Waals surface area contributed by atoms with E-state index in [1.807, 2.05) is 4.98 Å². The number of halogens is 3. The van der Waals surface area contributed by atoms with Crippen LogP contribution in [-0.2, 0) is 9.53 Å². The van der Waals surface area contributed by atoms with Crippen LogP contribution in [0.2, 0.25) is 0 Å². The van der Waals surface area contributed by atoms with E-state index in [1.165, 1.54) is 6.92 Å². The number of aromatic amines is 1. The minimum Gasteiger partial charge on any atom is -0.393 e. The highest BCUT2D eigenvalue weighted by Crippen LogP contribution is 2.47.